The van der Waals surface area contributed by atoms with Crippen molar-refractivity contribution >= 4 is 27.5 Å². The van der Waals surface area contributed by atoms with Crippen LogP contribution in [0, 0.1) is 0 Å². The van der Waals surface area contributed by atoms with E-state index >= 15 is 0 Å². The van der Waals surface area contributed by atoms with Crippen molar-refractivity contribution in [2.24, 2.45) is 0 Å². The van der Waals surface area contributed by atoms with Crippen molar-refractivity contribution < 1.29 is 14.6 Å². The Hall–Kier alpha value is -3.53. The number of nitrogens with zero attached hydrogens (tertiary/aromatic N) is 5. The number of benzene rings is 2. The molecule has 2 saturated heterocycles. The number of nitrogens with one attached hydrogen (secondary N) is 1. The van der Waals surface area contributed by atoms with E-state index < -0.39 is 0 Å². The molecule has 6 rings (SSSR count). The van der Waals surface area contributed by atoms with Gasteiger partial charge in [-0.1, -0.05) is 24.3 Å². The maximum Gasteiger partial charge on any atom is 0.318 e. The molecule has 0 unspecified atom stereocenters. The number of hydrogen-bond donors (Lipinski definition) is 2. The van der Waals surface area contributed by atoms with Crippen LogP contribution in [0.25, 0.3) is 32.9 Å². The van der Waals surface area contributed by atoms with Crippen molar-refractivity contribution in [1.29, 1.82) is 0 Å². The fourth-order valence-corrected chi connectivity index (χ4v) is 4.92. The summed E-state index contributed by atoms with van der Waals surface area (Å²) >= 11 is 0. The number of phenols is 1. The Labute approximate surface area is 209 Å². The minimum atomic E-state index is 0.210. The smallest absolute Gasteiger partial charge is 0.318 e. The molecule has 2 aliphatic heterocycles. The van der Waals surface area contributed by atoms with Crippen LogP contribution < -0.4 is 15.0 Å². The summed E-state index contributed by atoms with van der Waals surface area (Å²) < 4.78 is 11.5. The lowest BCUT2D eigenvalue weighted by molar-refractivity contribution is 0.0317. The van der Waals surface area contributed by atoms with Gasteiger partial charge in [-0.2, -0.15) is 9.97 Å². The fourth-order valence-electron chi connectivity index (χ4n) is 4.92. The molecule has 0 aliphatic carbocycles. The molecule has 2 aromatic carbocycles. The number of fused-ring (bicyclic) bond motifs is 2. The summed E-state index contributed by atoms with van der Waals surface area (Å²) in [4.78, 5) is 19.0. The molecule has 9 nitrogen and oxygen atoms in total. The molecular weight excluding hydrogens is 456 g/mol. The number of aromatic hydroxyl groups is 1. The van der Waals surface area contributed by atoms with Crippen LogP contribution in [-0.4, -0.2) is 90.6 Å². The first-order valence-electron chi connectivity index (χ1n) is 12.5. The van der Waals surface area contributed by atoms with E-state index in [0.29, 0.717) is 12.6 Å². The molecule has 0 saturated carbocycles. The number of phenolic OH excluding ortho intramolecular Hbond substituents is 1. The van der Waals surface area contributed by atoms with Crippen LogP contribution >= 0.6 is 0 Å². The van der Waals surface area contributed by atoms with E-state index in [-0.39, 0.29) is 5.75 Å². The maximum absolute atomic E-state index is 10.4. The highest BCUT2D eigenvalue weighted by molar-refractivity contribution is 5.99. The monoisotopic (exact) mass is 486 g/mol. The Bertz CT molecular complexity index is 1370. The van der Waals surface area contributed by atoms with E-state index in [1.807, 2.05) is 36.5 Å². The van der Waals surface area contributed by atoms with Gasteiger partial charge < -0.3 is 24.8 Å². The number of hydrogen-bond acceptors (Lipinski definition) is 9. The summed E-state index contributed by atoms with van der Waals surface area (Å²) in [6.07, 6.45) is 1.85. The summed E-state index contributed by atoms with van der Waals surface area (Å²) in [6.45, 7) is 8.21. The van der Waals surface area contributed by atoms with Gasteiger partial charge in [0.15, 0.2) is 0 Å². The van der Waals surface area contributed by atoms with Crippen molar-refractivity contribution in [3.05, 3.63) is 48.7 Å². The molecule has 186 valence electrons. The standard InChI is InChI=1S/C27H30N6O3/c34-20-15-19-3-1-2-4-21(19)22(16-20)24-17-25-23(18-29-24)26(33-7-5-28-6-8-33)31-27(30-25)36-14-11-32-9-12-35-13-10-32/h1-4,15-18,28,34H,5-14H2. The highest BCUT2D eigenvalue weighted by Gasteiger charge is 2.19. The van der Waals surface area contributed by atoms with Crippen molar-refractivity contribution in [3.8, 4) is 23.0 Å². The third kappa shape index (κ3) is 4.77. The first kappa shape index (κ1) is 22.9. The summed E-state index contributed by atoms with van der Waals surface area (Å²) in [5.41, 5.74) is 2.39. The van der Waals surface area contributed by atoms with Crippen molar-refractivity contribution in [2.45, 2.75) is 0 Å². The van der Waals surface area contributed by atoms with Gasteiger partial charge in [-0.15, -0.1) is 0 Å². The number of pyridine rings is 1. The third-order valence-corrected chi connectivity index (χ3v) is 6.82. The predicted molar refractivity (Wildman–Crippen MR) is 140 cm³/mol. The van der Waals surface area contributed by atoms with Gasteiger partial charge in [0.05, 0.1) is 29.8 Å². The summed E-state index contributed by atoms with van der Waals surface area (Å²) in [6, 6.07) is 13.9. The van der Waals surface area contributed by atoms with Crippen LogP contribution in [-0.2, 0) is 4.74 Å². The molecule has 0 bridgehead atoms. The van der Waals surface area contributed by atoms with E-state index in [9.17, 15) is 5.11 Å². The Morgan fingerprint density at radius 1 is 0.972 bits per heavy atom. The zero-order valence-electron chi connectivity index (χ0n) is 20.2. The summed E-state index contributed by atoms with van der Waals surface area (Å²) in [5, 5.41) is 16.6. The number of piperazine rings is 1. The Balaban J connectivity index is 1.37. The zero-order valence-corrected chi connectivity index (χ0v) is 20.2. The minimum absolute atomic E-state index is 0.210. The van der Waals surface area contributed by atoms with Crippen LogP contribution in [0.15, 0.2) is 48.7 Å². The molecule has 0 atom stereocenters. The van der Waals surface area contributed by atoms with Gasteiger partial charge in [0, 0.05) is 57.6 Å². The van der Waals surface area contributed by atoms with Crippen LogP contribution in [0.2, 0.25) is 0 Å². The molecule has 4 heterocycles. The van der Waals surface area contributed by atoms with Gasteiger partial charge in [-0.3, -0.25) is 9.88 Å². The molecule has 0 spiro atoms. The molecule has 2 fully saturated rings. The first-order chi connectivity index (χ1) is 17.7. The lowest BCUT2D eigenvalue weighted by atomic mass is 10.0. The average Bonchev–Trinajstić information content (AvgIpc) is 2.93. The highest BCUT2D eigenvalue weighted by atomic mass is 16.5. The number of aromatic nitrogens is 3. The second kappa shape index (κ2) is 10.2. The van der Waals surface area contributed by atoms with Gasteiger partial charge in [-0.25, -0.2) is 0 Å². The van der Waals surface area contributed by atoms with Crippen LogP contribution in [0.3, 0.4) is 0 Å². The normalized spacial score (nSPS) is 17.1. The van der Waals surface area contributed by atoms with Gasteiger partial charge in [0.1, 0.15) is 18.2 Å². The van der Waals surface area contributed by atoms with Crippen LogP contribution in [0.5, 0.6) is 11.8 Å². The molecule has 4 aromatic rings. The summed E-state index contributed by atoms with van der Waals surface area (Å²) in [5.74, 6) is 1.06. The number of ether oxygens (including phenoxy) is 2. The SMILES string of the molecule is Oc1cc(-c2cc3nc(OCCN4CCOCC4)nc(N4CCNCC4)c3cn2)c2ccccc2c1. The van der Waals surface area contributed by atoms with Crippen LogP contribution in [0.4, 0.5) is 5.82 Å². The average molecular weight is 487 g/mol. The largest absolute Gasteiger partial charge is 0.508 e. The van der Waals surface area contributed by atoms with E-state index in [1.54, 1.807) is 12.1 Å². The molecule has 36 heavy (non-hydrogen) atoms. The highest BCUT2D eigenvalue weighted by Crippen LogP contribution is 2.34. The van der Waals surface area contributed by atoms with Gasteiger partial charge in [-0.05, 0) is 29.0 Å². The zero-order chi connectivity index (χ0) is 24.3. The van der Waals surface area contributed by atoms with E-state index in [4.69, 9.17) is 24.4 Å². The minimum Gasteiger partial charge on any atom is -0.508 e. The molecule has 2 aliphatic rings. The number of anilines is 1. The predicted octanol–water partition coefficient (Wildman–Crippen LogP) is 2.67. The third-order valence-electron chi connectivity index (χ3n) is 6.82. The molecule has 2 N–H and O–H groups in total. The lowest BCUT2D eigenvalue weighted by Crippen LogP contribution is -2.44. The Morgan fingerprint density at radius 3 is 2.67 bits per heavy atom. The quantitative estimate of drug-likeness (QED) is 0.426. The van der Waals surface area contributed by atoms with Gasteiger partial charge in [0.2, 0.25) is 0 Å². The number of rotatable bonds is 6. The van der Waals surface area contributed by atoms with E-state index in [1.165, 1.54) is 0 Å². The fraction of sp³-hybridized carbons (Fsp3) is 0.370. The second-order valence-corrected chi connectivity index (χ2v) is 9.17. The van der Waals surface area contributed by atoms with Gasteiger partial charge >= 0.3 is 6.01 Å². The number of morpholine rings is 1. The van der Waals surface area contributed by atoms with Gasteiger partial charge in [0.25, 0.3) is 0 Å². The summed E-state index contributed by atoms with van der Waals surface area (Å²) in [7, 11) is 0. The molecular formula is C27H30N6O3. The molecule has 9 heteroatoms. The molecule has 0 amide bonds. The Kier molecular flexibility index (Phi) is 6.50. The molecule has 0 radical (unpaired) electrons. The molecule has 2 aromatic heterocycles. The van der Waals surface area contributed by atoms with E-state index in [2.05, 4.69) is 15.1 Å². The van der Waals surface area contributed by atoms with Crippen LogP contribution in [0.1, 0.15) is 0 Å². The second-order valence-electron chi connectivity index (χ2n) is 9.17. The van der Waals surface area contributed by atoms with Crippen molar-refractivity contribution in [2.75, 3.05) is 70.5 Å². The Morgan fingerprint density at radius 2 is 1.81 bits per heavy atom. The first-order valence-corrected chi connectivity index (χ1v) is 12.5. The topological polar surface area (TPSA) is 95.9 Å². The van der Waals surface area contributed by atoms with Crippen molar-refractivity contribution in [1.82, 2.24) is 25.2 Å². The lowest BCUT2D eigenvalue weighted by Gasteiger charge is -2.29. The maximum atomic E-state index is 10.4. The van der Waals surface area contributed by atoms with E-state index in [0.717, 1.165) is 97.8 Å². The van der Waals surface area contributed by atoms with Crippen molar-refractivity contribution in [3.63, 3.8) is 0 Å².